The average molecular weight is 385 g/mol. The maximum Gasteiger partial charge on any atom is 0.418 e. The molecule has 0 aliphatic rings. The Labute approximate surface area is 145 Å². The van der Waals surface area contributed by atoms with Gasteiger partial charge >= 0.3 is 11.9 Å². The summed E-state index contributed by atoms with van der Waals surface area (Å²) in [5.74, 6) is -1.05. The molecule has 0 bridgehead atoms. The lowest BCUT2D eigenvalue weighted by Gasteiger charge is -2.09. The van der Waals surface area contributed by atoms with E-state index in [9.17, 15) is 26.7 Å². The van der Waals surface area contributed by atoms with Crippen molar-refractivity contribution in [2.45, 2.75) is 19.1 Å². The second-order valence-corrected chi connectivity index (χ2v) is 5.56. The Morgan fingerprint density at radius 3 is 2.70 bits per heavy atom. The van der Waals surface area contributed by atoms with Gasteiger partial charge in [-0.2, -0.15) is 18.3 Å². The van der Waals surface area contributed by atoms with E-state index in [1.807, 2.05) is 4.98 Å². The predicted molar refractivity (Wildman–Crippen MR) is 82.2 cm³/mol. The molecule has 3 heterocycles. The van der Waals surface area contributed by atoms with Gasteiger partial charge in [0.25, 0.3) is 6.43 Å². The van der Waals surface area contributed by atoms with E-state index in [0.717, 1.165) is 16.8 Å². The minimum absolute atomic E-state index is 0.0901. The van der Waals surface area contributed by atoms with Crippen LogP contribution in [0.3, 0.4) is 0 Å². The number of aromatic nitrogens is 5. The molecule has 7 nitrogen and oxygen atoms in total. The van der Waals surface area contributed by atoms with Crippen LogP contribution in [0.1, 0.15) is 5.56 Å². The van der Waals surface area contributed by atoms with E-state index in [4.69, 9.17) is 4.42 Å². The van der Waals surface area contributed by atoms with Gasteiger partial charge in [-0.05, 0) is 12.1 Å². The minimum Gasteiger partial charge on any atom is -0.407 e. The summed E-state index contributed by atoms with van der Waals surface area (Å²) in [7, 11) is 0. The van der Waals surface area contributed by atoms with Crippen molar-refractivity contribution in [1.82, 2.24) is 24.7 Å². The maximum atomic E-state index is 13.1. The molecular weight excluding hydrogens is 377 g/mol. The molecule has 0 saturated carbocycles. The van der Waals surface area contributed by atoms with E-state index in [1.165, 1.54) is 12.4 Å². The first-order chi connectivity index (χ1) is 12.7. The van der Waals surface area contributed by atoms with Crippen LogP contribution >= 0.6 is 0 Å². The summed E-state index contributed by atoms with van der Waals surface area (Å²) in [4.78, 5) is 21.7. The van der Waals surface area contributed by atoms with Crippen molar-refractivity contribution in [3.05, 3.63) is 40.6 Å². The molecular formula is C15H8F5N5O2. The zero-order chi connectivity index (χ0) is 19.3. The van der Waals surface area contributed by atoms with Crippen molar-refractivity contribution in [3.63, 3.8) is 0 Å². The summed E-state index contributed by atoms with van der Waals surface area (Å²) in [6.07, 6.45) is -4.95. The molecule has 1 N–H and O–H groups in total. The third kappa shape index (κ3) is 2.92. The highest BCUT2D eigenvalue weighted by Crippen LogP contribution is 2.37. The predicted octanol–water partition coefficient (Wildman–Crippen LogP) is 3.21. The lowest BCUT2D eigenvalue weighted by atomic mass is 10.1. The van der Waals surface area contributed by atoms with E-state index in [2.05, 4.69) is 15.1 Å². The number of halogens is 5. The Morgan fingerprint density at radius 1 is 1.22 bits per heavy atom. The van der Waals surface area contributed by atoms with E-state index in [0.29, 0.717) is 0 Å². The normalized spacial score (nSPS) is 12.5. The molecule has 0 fully saturated rings. The number of nitrogens with one attached hydrogen (secondary N) is 1. The van der Waals surface area contributed by atoms with Gasteiger partial charge in [0.2, 0.25) is 0 Å². The van der Waals surface area contributed by atoms with Gasteiger partial charge < -0.3 is 4.42 Å². The zero-order valence-corrected chi connectivity index (χ0v) is 13.1. The van der Waals surface area contributed by atoms with Gasteiger partial charge in [0.15, 0.2) is 11.2 Å². The van der Waals surface area contributed by atoms with Crippen molar-refractivity contribution in [2.75, 3.05) is 0 Å². The summed E-state index contributed by atoms with van der Waals surface area (Å²) >= 11 is 0. The van der Waals surface area contributed by atoms with Crippen LogP contribution in [0.5, 0.6) is 0 Å². The van der Waals surface area contributed by atoms with Gasteiger partial charge in [-0.15, -0.1) is 0 Å². The van der Waals surface area contributed by atoms with Crippen molar-refractivity contribution in [2.24, 2.45) is 0 Å². The number of rotatable bonds is 3. The summed E-state index contributed by atoms with van der Waals surface area (Å²) in [6, 6.07) is 1.89. The second-order valence-electron chi connectivity index (χ2n) is 5.56. The Hall–Kier alpha value is -3.31. The highest BCUT2D eigenvalue weighted by atomic mass is 19.4. The first-order valence-electron chi connectivity index (χ1n) is 7.44. The zero-order valence-electron chi connectivity index (χ0n) is 13.1. The van der Waals surface area contributed by atoms with Crippen molar-refractivity contribution >= 4 is 22.3 Å². The molecule has 0 unspecified atom stereocenters. The van der Waals surface area contributed by atoms with E-state index < -0.39 is 36.0 Å². The molecule has 0 saturated heterocycles. The number of hydrogen-bond donors (Lipinski definition) is 1. The second kappa shape index (κ2) is 5.86. The Morgan fingerprint density at radius 2 is 2.00 bits per heavy atom. The molecule has 140 valence electrons. The van der Waals surface area contributed by atoms with E-state index >= 15 is 0 Å². The monoisotopic (exact) mass is 385 g/mol. The van der Waals surface area contributed by atoms with Crippen molar-refractivity contribution in [3.8, 4) is 11.3 Å². The Bertz CT molecular complexity index is 1210. The van der Waals surface area contributed by atoms with Crippen LogP contribution < -0.4 is 5.76 Å². The molecule has 4 aromatic rings. The lowest BCUT2D eigenvalue weighted by Crippen LogP contribution is -2.08. The minimum atomic E-state index is -4.70. The van der Waals surface area contributed by atoms with Gasteiger partial charge in [-0.1, -0.05) is 0 Å². The van der Waals surface area contributed by atoms with Gasteiger partial charge in [-0.25, -0.2) is 28.2 Å². The van der Waals surface area contributed by atoms with E-state index in [1.54, 1.807) is 0 Å². The SMILES string of the molecule is O=c1[nH]c2c(C(F)(F)F)ccc(-c3cnc4c(cnn4CC(F)F)n3)c2o1. The van der Waals surface area contributed by atoms with Crippen molar-refractivity contribution in [1.29, 1.82) is 0 Å². The molecule has 0 aliphatic carbocycles. The Balaban J connectivity index is 1.89. The van der Waals surface area contributed by atoms with Crippen LogP contribution in [0.4, 0.5) is 22.0 Å². The van der Waals surface area contributed by atoms with Gasteiger partial charge in [0, 0.05) is 5.56 Å². The van der Waals surface area contributed by atoms with Crippen LogP contribution in [0.2, 0.25) is 0 Å². The molecule has 0 aliphatic heterocycles. The maximum absolute atomic E-state index is 13.1. The number of benzene rings is 1. The third-order valence-corrected chi connectivity index (χ3v) is 3.81. The van der Waals surface area contributed by atoms with Crippen LogP contribution in [0.15, 0.2) is 33.7 Å². The lowest BCUT2D eigenvalue weighted by molar-refractivity contribution is -0.136. The summed E-state index contributed by atoms with van der Waals surface area (Å²) in [5, 5.41) is 3.77. The topological polar surface area (TPSA) is 89.6 Å². The number of H-pyrrole nitrogens is 1. The molecule has 4 rings (SSSR count). The molecule has 3 aromatic heterocycles. The number of fused-ring (bicyclic) bond motifs is 2. The number of oxazole rings is 1. The Kier molecular flexibility index (Phi) is 3.71. The first-order valence-corrected chi connectivity index (χ1v) is 7.44. The number of nitrogens with zero attached hydrogens (tertiary/aromatic N) is 4. The molecule has 12 heteroatoms. The summed E-state index contributed by atoms with van der Waals surface area (Å²) in [6.45, 7) is -0.672. The first kappa shape index (κ1) is 17.1. The fourth-order valence-corrected chi connectivity index (χ4v) is 2.73. The van der Waals surface area contributed by atoms with Crippen LogP contribution in [-0.4, -0.2) is 31.2 Å². The smallest absolute Gasteiger partial charge is 0.407 e. The molecule has 0 amide bonds. The quantitative estimate of drug-likeness (QED) is 0.547. The third-order valence-electron chi connectivity index (χ3n) is 3.81. The van der Waals surface area contributed by atoms with Crippen molar-refractivity contribution < 1.29 is 26.4 Å². The van der Waals surface area contributed by atoms with Gasteiger partial charge in [-0.3, -0.25) is 4.98 Å². The fraction of sp³-hybridized carbons (Fsp3) is 0.200. The highest BCUT2D eigenvalue weighted by molar-refractivity contribution is 5.92. The van der Waals surface area contributed by atoms with Gasteiger partial charge in [0.1, 0.15) is 17.6 Å². The van der Waals surface area contributed by atoms with Crippen LogP contribution in [-0.2, 0) is 12.7 Å². The largest absolute Gasteiger partial charge is 0.418 e. The molecule has 0 atom stereocenters. The molecule has 0 spiro atoms. The summed E-state index contributed by atoms with van der Waals surface area (Å²) in [5.41, 5.74) is -1.46. The molecule has 0 radical (unpaired) electrons. The highest BCUT2D eigenvalue weighted by Gasteiger charge is 2.34. The molecule has 1 aromatic carbocycles. The van der Waals surface area contributed by atoms with Crippen LogP contribution in [0.25, 0.3) is 33.5 Å². The number of alkyl halides is 5. The fourth-order valence-electron chi connectivity index (χ4n) is 2.73. The molecule has 27 heavy (non-hydrogen) atoms. The summed E-state index contributed by atoms with van der Waals surface area (Å²) < 4.78 is 70.2. The number of hydrogen-bond acceptors (Lipinski definition) is 5. The van der Waals surface area contributed by atoms with Gasteiger partial charge in [0.05, 0.1) is 23.7 Å². The standard InChI is InChI=1S/C15H8F5N5O2/c16-10(17)5-25-13-9(4-22-25)23-8(3-21-13)6-1-2-7(15(18,19)20)11-12(6)27-14(26)24-11/h1-4,10H,5H2,(H,24,26). The van der Waals surface area contributed by atoms with Crippen LogP contribution in [0, 0.1) is 0 Å². The number of aromatic amines is 1. The average Bonchev–Trinajstić information content (AvgIpc) is 3.15. The van der Waals surface area contributed by atoms with E-state index in [-0.39, 0.29) is 28.0 Å².